The molecule has 1 aliphatic rings. The van der Waals surface area contributed by atoms with Gasteiger partial charge in [-0.1, -0.05) is 18.2 Å². The fraction of sp³-hybridized carbons (Fsp3) is 0.286. The summed E-state index contributed by atoms with van der Waals surface area (Å²) in [6, 6.07) is 13.3. The largest absolute Gasteiger partial charge is 0.492 e. The van der Waals surface area contributed by atoms with Crippen LogP contribution in [0, 0.1) is 19.7 Å². The molecule has 0 spiro atoms. The van der Waals surface area contributed by atoms with Gasteiger partial charge in [-0.05, 0) is 56.2 Å². The van der Waals surface area contributed by atoms with Gasteiger partial charge in [0, 0.05) is 6.54 Å². The first-order chi connectivity index (χ1) is 13.9. The summed E-state index contributed by atoms with van der Waals surface area (Å²) in [5, 5.41) is 4.42. The third kappa shape index (κ3) is 3.60. The Morgan fingerprint density at radius 2 is 1.83 bits per heavy atom. The Kier molecular flexibility index (Phi) is 5.04. The molecule has 0 N–H and O–H groups in total. The molecule has 0 saturated carbocycles. The summed E-state index contributed by atoms with van der Waals surface area (Å²) >= 11 is 0. The molecule has 0 fully saturated rings. The van der Waals surface area contributed by atoms with Crippen molar-refractivity contribution < 1.29 is 17.5 Å². The maximum absolute atomic E-state index is 13.4. The van der Waals surface area contributed by atoms with Crippen LogP contribution >= 0.6 is 0 Å². The van der Waals surface area contributed by atoms with Gasteiger partial charge >= 0.3 is 0 Å². The molecule has 0 radical (unpaired) electrons. The summed E-state index contributed by atoms with van der Waals surface area (Å²) in [6.45, 7) is 4.57. The molecule has 0 unspecified atom stereocenters. The van der Waals surface area contributed by atoms with Crippen molar-refractivity contribution in [2.75, 3.05) is 17.5 Å². The number of sulfonamides is 1. The third-order valence-corrected chi connectivity index (χ3v) is 7.16. The van der Waals surface area contributed by atoms with E-state index in [1.54, 1.807) is 30.7 Å². The minimum absolute atomic E-state index is 0.246. The van der Waals surface area contributed by atoms with Crippen LogP contribution in [0.5, 0.6) is 5.75 Å². The fourth-order valence-electron chi connectivity index (χ4n) is 3.72. The number of fused-ring (bicyclic) bond motifs is 1. The highest BCUT2D eigenvalue weighted by molar-refractivity contribution is 7.93. The first-order valence-electron chi connectivity index (χ1n) is 9.41. The zero-order chi connectivity index (χ0) is 20.6. The predicted molar refractivity (Wildman–Crippen MR) is 108 cm³/mol. The van der Waals surface area contributed by atoms with Crippen LogP contribution in [-0.2, 0) is 23.0 Å². The van der Waals surface area contributed by atoms with Crippen molar-refractivity contribution in [3.63, 3.8) is 0 Å². The van der Waals surface area contributed by atoms with Gasteiger partial charge in [0.05, 0.1) is 23.6 Å². The molecular formula is C21H22FN3O3S. The number of hydrogen-bond donors (Lipinski definition) is 0. The van der Waals surface area contributed by atoms with E-state index in [0.717, 1.165) is 11.3 Å². The zero-order valence-electron chi connectivity index (χ0n) is 16.3. The Morgan fingerprint density at radius 3 is 2.59 bits per heavy atom. The van der Waals surface area contributed by atoms with E-state index < -0.39 is 10.0 Å². The van der Waals surface area contributed by atoms with E-state index in [1.165, 1.54) is 16.4 Å². The van der Waals surface area contributed by atoms with E-state index in [9.17, 15) is 12.8 Å². The Bertz CT molecular complexity index is 1140. The zero-order valence-corrected chi connectivity index (χ0v) is 17.1. The Morgan fingerprint density at radius 1 is 1.10 bits per heavy atom. The number of nitrogens with zero attached hydrogens (tertiary/aromatic N) is 3. The molecule has 0 saturated heterocycles. The topological polar surface area (TPSA) is 64.4 Å². The van der Waals surface area contributed by atoms with Crippen molar-refractivity contribution in [1.82, 2.24) is 9.78 Å². The second kappa shape index (κ2) is 7.51. The molecule has 0 amide bonds. The average Bonchev–Trinajstić information content (AvgIpc) is 3.25. The van der Waals surface area contributed by atoms with Gasteiger partial charge in [-0.25, -0.2) is 12.8 Å². The van der Waals surface area contributed by atoms with Gasteiger partial charge in [0.15, 0.2) is 0 Å². The number of aromatic nitrogens is 2. The van der Waals surface area contributed by atoms with E-state index in [-0.39, 0.29) is 10.7 Å². The van der Waals surface area contributed by atoms with Crippen molar-refractivity contribution in [1.29, 1.82) is 0 Å². The molecule has 3 aromatic rings. The van der Waals surface area contributed by atoms with E-state index in [0.29, 0.717) is 43.3 Å². The van der Waals surface area contributed by atoms with Crippen LogP contribution < -0.4 is 9.04 Å². The van der Waals surface area contributed by atoms with Gasteiger partial charge in [-0.2, -0.15) is 5.10 Å². The van der Waals surface area contributed by atoms with Crippen LogP contribution in [0.3, 0.4) is 0 Å². The number of ether oxygens (including phenoxy) is 1. The van der Waals surface area contributed by atoms with Crippen LogP contribution in [0.25, 0.3) is 0 Å². The van der Waals surface area contributed by atoms with Crippen molar-refractivity contribution in [2.24, 2.45) is 0 Å². The summed E-state index contributed by atoms with van der Waals surface area (Å²) in [5.74, 6) is 0.226. The molecule has 0 atom stereocenters. The summed E-state index contributed by atoms with van der Waals surface area (Å²) in [6.07, 6.45) is 0.702. The monoisotopic (exact) mass is 415 g/mol. The van der Waals surface area contributed by atoms with Gasteiger partial charge in [-0.15, -0.1) is 0 Å². The smallest absolute Gasteiger partial charge is 0.268 e. The molecule has 152 valence electrons. The summed E-state index contributed by atoms with van der Waals surface area (Å²) in [5.41, 5.74) is 2.81. The van der Waals surface area contributed by atoms with Crippen LogP contribution in [0.4, 0.5) is 10.1 Å². The van der Waals surface area contributed by atoms with Crippen molar-refractivity contribution in [3.05, 3.63) is 71.3 Å². The fourth-order valence-corrected chi connectivity index (χ4v) is 5.60. The molecule has 0 bridgehead atoms. The normalized spacial score (nSPS) is 13.6. The third-order valence-electron chi connectivity index (χ3n) is 5.09. The van der Waals surface area contributed by atoms with Gasteiger partial charge < -0.3 is 4.74 Å². The van der Waals surface area contributed by atoms with E-state index >= 15 is 0 Å². The SMILES string of the molecule is Cc1nn(CCOc2ccc(F)cc2)c(C)c1S(=O)(=O)N1CCc2ccccc21. The lowest BCUT2D eigenvalue weighted by atomic mass is 10.2. The molecule has 2 heterocycles. The van der Waals surface area contributed by atoms with Crippen molar-refractivity contribution in [3.8, 4) is 5.75 Å². The van der Waals surface area contributed by atoms with Gasteiger partial charge in [-0.3, -0.25) is 8.99 Å². The quantitative estimate of drug-likeness (QED) is 0.618. The summed E-state index contributed by atoms with van der Waals surface area (Å²) in [7, 11) is -3.71. The highest BCUT2D eigenvalue weighted by Crippen LogP contribution is 2.34. The lowest BCUT2D eigenvalue weighted by Crippen LogP contribution is -2.30. The minimum atomic E-state index is -3.71. The number of benzene rings is 2. The lowest BCUT2D eigenvalue weighted by Gasteiger charge is -2.19. The number of rotatable bonds is 6. The van der Waals surface area contributed by atoms with Crippen LogP contribution in [0.15, 0.2) is 53.4 Å². The van der Waals surface area contributed by atoms with Crippen LogP contribution in [0.1, 0.15) is 17.0 Å². The van der Waals surface area contributed by atoms with Crippen LogP contribution in [-0.4, -0.2) is 31.3 Å². The molecule has 0 aliphatic carbocycles. The first kappa shape index (κ1) is 19.4. The Labute approximate surface area is 169 Å². The van der Waals surface area contributed by atoms with Gasteiger partial charge in [0.2, 0.25) is 0 Å². The van der Waals surface area contributed by atoms with Crippen LogP contribution in [0.2, 0.25) is 0 Å². The van der Waals surface area contributed by atoms with Crippen molar-refractivity contribution in [2.45, 2.75) is 31.7 Å². The predicted octanol–water partition coefficient (Wildman–Crippen LogP) is 3.47. The molecule has 1 aromatic heterocycles. The molecule has 2 aromatic carbocycles. The maximum atomic E-state index is 13.4. The van der Waals surface area contributed by atoms with Gasteiger partial charge in [0.1, 0.15) is 23.1 Å². The van der Waals surface area contributed by atoms with E-state index in [1.807, 2.05) is 24.3 Å². The van der Waals surface area contributed by atoms with Crippen molar-refractivity contribution >= 4 is 15.7 Å². The standard InChI is InChI=1S/C21H22FN3O3S/c1-15-21(29(26,27)25-12-11-17-5-3-4-6-20(17)25)16(2)24(23-15)13-14-28-19-9-7-18(22)8-10-19/h3-10H,11-14H2,1-2H3. The summed E-state index contributed by atoms with van der Waals surface area (Å²) in [4.78, 5) is 0.246. The first-order valence-corrected chi connectivity index (χ1v) is 10.8. The number of hydrogen-bond acceptors (Lipinski definition) is 4. The molecule has 8 heteroatoms. The van der Waals surface area contributed by atoms with E-state index in [2.05, 4.69) is 5.10 Å². The molecule has 6 nitrogen and oxygen atoms in total. The number of halogens is 1. The maximum Gasteiger partial charge on any atom is 0.268 e. The molecule has 1 aliphatic heterocycles. The molecular weight excluding hydrogens is 393 g/mol. The molecule has 4 rings (SSSR count). The molecule has 29 heavy (non-hydrogen) atoms. The number of anilines is 1. The van der Waals surface area contributed by atoms with Gasteiger partial charge in [0.25, 0.3) is 10.0 Å². The Hall–Kier alpha value is -2.87. The lowest BCUT2D eigenvalue weighted by molar-refractivity contribution is 0.289. The highest BCUT2D eigenvalue weighted by atomic mass is 32.2. The second-order valence-corrected chi connectivity index (χ2v) is 8.78. The number of para-hydroxylation sites is 1. The second-order valence-electron chi connectivity index (χ2n) is 6.98. The van der Waals surface area contributed by atoms with E-state index in [4.69, 9.17) is 4.74 Å². The highest BCUT2D eigenvalue weighted by Gasteiger charge is 2.34. The minimum Gasteiger partial charge on any atom is -0.492 e. The Balaban J connectivity index is 1.55. The average molecular weight is 415 g/mol. The summed E-state index contributed by atoms with van der Waals surface area (Å²) < 4.78 is 48.5. The number of aryl methyl sites for hydroxylation is 1.